The van der Waals surface area contributed by atoms with Gasteiger partial charge in [0.2, 0.25) is 5.54 Å². The van der Waals surface area contributed by atoms with E-state index >= 15 is 0 Å². The van der Waals surface area contributed by atoms with Gasteiger partial charge in [0.05, 0.1) is 12.6 Å². The number of ether oxygens (including phenoxy) is 4. The van der Waals surface area contributed by atoms with Crippen LogP contribution in [0.1, 0.15) is 59.9 Å². The first-order valence-corrected chi connectivity index (χ1v) is 15.8. The first-order valence-electron chi connectivity index (χ1n) is 15.8. The van der Waals surface area contributed by atoms with Crippen molar-refractivity contribution < 1.29 is 43.2 Å². The van der Waals surface area contributed by atoms with Gasteiger partial charge < -0.3 is 40.8 Å². The third-order valence-electron chi connectivity index (χ3n) is 7.61. The van der Waals surface area contributed by atoms with E-state index in [1.165, 1.54) is 4.90 Å². The molecule has 1 aromatic rings. The smallest absolute Gasteiger partial charge is 0.411 e. The summed E-state index contributed by atoms with van der Waals surface area (Å²) in [5.74, 6) is -2.72. The molecule has 2 fully saturated rings. The molecule has 47 heavy (non-hydrogen) atoms. The number of carbonyl (C=O) groups is 4. The summed E-state index contributed by atoms with van der Waals surface area (Å²) < 4.78 is 22.3. The lowest BCUT2D eigenvalue weighted by Crippen LogP contribution is -2.58. The molecule has 2 saturated heterocycles. The van der Waals surface area contributed by atoms with Crippen LogP contribution in [0, 0.1) is 5.41 Å². The van der Waals surface area contributed by atoms with Crippen LogP contribution in [-0.4, -0.2) is 119 Å². The minimum Gasteiger partial charge on any atom is -0.490 e. The van der Waals surface area contributed by atoms with E-state index in [-0.39, 0.29) is 37.9 Å². The minimum absolute atomic E-state index is 0.00100. The number of nitrogens with one attached hydrogen (secondary N) is 2. The maximum Gasteiger partial charge on any atom is 0.411 e. The normalized spacial score (nSPS) is 20.0. The Hall–Kier alpha value is -3.95. The number of amides is 1. The van der Waals surface area contributed by atoms with E-state index in [1.807, 2.05) is 0 Å². The first kappa shape index (κ1) is 37.5. The minimum atomic E-state index is -2.28. The monoisotopic (exact) mass is 662 g/mol. The average molecular weight is 663 g/mol. The van der Waals surface area contributed by atoms with Gasteiger partial charge in [0.15, 0.2) is 6.10 Å². The number of rotatable bonds is 14. The van der Waals surface area contributed by atoms with Crippen LogP contribution < -0.4 is 21.5 Å². The summed E-state index contributed by atoms with van der Waals surface area (Å²) in [5.41, 5.74) is 8.42. The molecule has 2 aliphatic heterocycles. The number of nitrogens with zero attached hydrogens (tertiary/aromatic N) is 2. The third kappa shape index (κ3) is 10.8. The summed E-state index contributed by atoms with van der Waals surface area (Å²) >= 11 is 0. The van der Waals surface area contributed by atoms with Gasteiger partial charge in [-0.25, -0.2) is 19.2 Å². The van der Waals surface area contributed by atoms with Gasteiger partial charge >= 0.3 is 24.0 Å². The van der Waals surface area contributed by atoms with E-state index in [1.54, 1.807) is 65.8 Å². The van der Waals surface area contributed by atoms with Gasteiger partial charge in [0.25, 0.3) is 0 Å². The van der Waals surface area contributed by atoms with Gasteiger partial charge in [-0.1, -0.05) is 12.1 Å². The van der Waals surface area contributed by atoms with E-state index in [0.717, 1.165) is 13.1 Å². The number of hydrogen-bond acceptors (Lipinski definition) is 12. The number of cyclic esters (lactones) is 1. The molecule has 4 unspecified atom stereocenters. The lowest BCUT2D eigenvalue weighted by molar-refractivity contribution is -0.169. The standard InChI is InChI=1S/C32H50N6O9/c1-30(2,3)46-26(39)24(12-11-23(25(33)34)37-15-13-36-14-16-37)38-18-22(45-29(38)43)19-44-21-9-7-20(8-10-21)17-32(35,27(40)41)28(42)47-31(4,5)6/h7-10,22-24,36H,11-19,35H2,1-6H3,(H3,33,34)(H,40,41). The number of amidine groups is 1. The molecule has 4 atom stereocenters. The molecule has 15 nitrogen and oxygen atoms in total. The largest absolute Gasteiger partial charge is 0.490 e. The molecule has 0 bridgehead atoms. The Labute approximate surface area is 275 Å². The molecule has 262 valence electrons. The van der Waals surface area contributed by atoms with Crippen LogP contribution in [0.15, 0.2) is 24.3 Å². The van der Waals surface area contributed by atoms with Crippen LogP contribution in [-0.2, 0) is 35.0 Å². The molecule has 0 spiro atoms. The Morgan fingerprint density at radius 2 is 1.60 bits per heavy atom. The van der Waals surface area contributed by atoms with Gasteiger partial charge in [-0.3, -0.25) is 15.2 Å². The van der Waals surface area contributed by atoms with Gasteiger partial charge in [-0.05, 0) is 72.1 Å². The van der Waals surface area contributed by atoms with Crippen molar-refractivity contribution >= 4 is 29.8 Å². The number of carboxylic acids is 1. The maximum atomic E-state index is 13.3. The van der Waals surface area contributed by atoms with Gasteiger partial charge in [0, 0.05) is 32.6 Å². The maximum absolute atomic E-state index is 13.3. The van der Waals surface area contributed by atoms with Crippen molar-refractivity contribution in [1.29, 1.82) is 5.41 Å². The van der Waals surface area contributed by atoms with Crippen LogP contribution >= 0.6 is 0 Å². The topological polar surface area (TPSA) is 220 Å². The van der Waals surface area contributed by atoms with Crippen molar-refractivity contribution in [2.45, 2.75) is 95.7 Å². The lowest BCUT2D eigenvalue weighted by Gasteiger charge is -2.35. The summed E-state index contributed by atoms with van der Waals surface area (Å²) in [6, 6.07) is 5.00. The number of nitrogens with two attached hydrogens (primary N) is 2. The summed E-state index contributed by atoms with van der Waals surface area (Å²) in [7, 11) is 0. The van der Waals surface area contributed by atoms with Gasteiger partial charge in [-0.15, -0.1) is 0 Å². The fourth-order valence-corrected chi connectivity index (χ4v) is 5.32. The molecule has 1 amide bonds. The van der Waals surface area contributed by atoms with Crippen molar-refractivity contribution in [2.24, 2.45) is 11.5 Å². The molecule has 0 radical (unpaired) electrons. The Bertz CT molecular complexity index is 1290. The SMILES string of the molecule is CC(C)(C)OC(=O)C(CCC(C(=N)N)N1CCNCC1)N1CC(COc2ccc(CC(N)(C(=O)O)C(=O)OC(C)(C)C)cc2)OC1=O. The summed E-state index contributed by atoms with van der Waals surface area (Å²) in [6.45, 7) is 13.1. The molecule has 7 N–H and O–H groups in total. The Morgan fingerprint density at radius 3 is 2.13 bits per heavy atom. The Kier molecular flexibility index (Phi) is 12.2. The summed E-state index contributed by atoms with van der Waals surface area (Å²) in [4.78, 5) is 54.3. The fourth-order valence-electron chi connectivity index (χ4n) is 5.32. The first-order chi connectivity index (χ1) is 21.8. The van der Waals surface area contributed by atoms with E-state index in [4.69, 9.17) is 35.8 Å². The zero-order chi connectivity index (χ0) is 35.2. The van der Waals surface area contributed by atoms with Crippen molar-refractivity contribution in [3.05, 3.63) is 29.8 Å². The highest BCUT2D eigenvalue weighted by molar-refractivity contribution is 6.04. The van der Waals surface area contributed by atoms with E-state index in [9.17, 15) is 24.3 Å². The molecule has 0 aromatic heterocycles. The molecule has 15 heteroatoms. The number of carboxylic acid groups (broad SMARTS) is 1. The van der Waals surface area contributed by atoms with E-state index < -0.39 is 52.9 Å². The Morgan fingerprint density at radius 1 is 1.02 bits per heavy atom. The number of piperazine rings is 1. The van der Waals surface area contributed by atoms with Gasteiger partial charge in [-0.2, -0.15) is 0 Å². The lowest BCUT2D eigenvalue weighted by atomic mass is 9.91. The number of aliphatic carboxylic acids is 1. The summed E-state index contributed by atoms with van der Waals surface area (Å²) in [6.07, 6.45) is -1.09. The van der Waals surface area contributed by atoms with Crippen molar-refractivity contribution in [2.75, 3.05) is 39.3 Å². The van der Waals surface area contributed by atoms with Gasteiger partial charge in [0.1, 0.15) is 35.4 Å². The fraction of sp³-hybridized carbons (Fsp3) is 0.656. The highest BCUT2D eigenvalue weighted by atomic mass is 16.6. The Balaban J connectivity index is 1.65. The average Bonchev–Trinajstić information content (AvgIpc) is 3.32. The summed E-state index contributed by atoms with van der Waals surface area (Å²) in [5, 5.41) is 21.1. The molecule has 2 heterocycles. The second-order valence-corrected chi connectivity index (χ2v) is 14.0. The quantitative estimate of drug-likeness (QED) is 0.0623. The molecule has 3 rings (SSSR count). The van der Waals surface area contributed by atoms with Crippen LogP contribution in [0.3, 0.4) is 0 Å². The van der Waals surface area contributed by atoms with Crippen LogP contribution in [0.25, 0.3) is 0 Å². The molecule has 1 aromatic carbocycles. The van der Waals surface area contributed by atoms with Crippen molar-refractivity contribution in [3.63, 3.8) is 0 Å². The van der Waals surface area contributed by atoms with E-state index in [0.29, 0.717) is 30.8 Å². The number of benzene rings is 1. The third-order valence-corrected chi connectivity index (χ3v) is 7.61. The predicted molar refractivity (Wildman–Crippen MR) is 172 cm³/mol. The molecule has 0 saturated carbocycles. The molecular weight excluding hydrogens is 612 g/mol. The molecular formula is C32H50N6O9. The second-order valence-electron chi connectivity index (χ2n) is 14.0. The van der Waals surface area contributed by atoms with E-state index in [2.05, 4.69) is 10.2 Å². The number of esters is 2. The van der Waals surface area contributed by atoms with Crippen LogP contribution in [0.4, 0.5) is 4.79 Å². The zero-order valence-electron chi connectivity index (χ0n) is 28.2. The van der Waals surface area contributed by atoms with Crippen molar-refractivity contribution in [1.82, 2.24) is 15.1 Å². The predicted octanol–water partition coefficient (Wildman–Crippen LogP) is 1.25. The highest BCUT2D eigenvalue weighted by Gasteiger charge is 2.46. The molecule has 0 aliphatic carbocycles. The van der Waals surface area contributed by atoms with Crippen LogP contribution in [0.5, 0.6) is 5.75 Å². The highest BCUT2D eigenvalue weighted by Crippen LogP contribution is 2.25. The second kappa shape index (κ2) is 15.3. The number of hydrogen-bond donors (Lipinski definition) is 5. The number of carbonyl (C=O) groups excluding carboxylic acids is 3. The zero-order valence-corrected chi connectivity index (χ0v) is 28.2. The van der Waals surface area contributed by atoms with Crippen LogP contribution in [0.2, 0.25) is 0 Å². The van der Waals surface area contributed by atoms with Crippen molar-refractivity contribution in [3.8, 4) is 5.75 Å². The molecule has 2 aliphatic rings.